The number of aromatic carboxylic acids is 1. The summed E-state index contributed by atoms with van der Waals surface area (Å²) in [5.74, 6) is -1.03. The highest BCUT2D eigenvalue weighted by Gasteiger charge is 2.14. The minimum absolute atomic E-state index is 0.119. The lowest BCUT2D eigenvalue weighted by atomic mass is 10.1. The number of fused-ring (bicyclic) bond motifs is 1. The second-order valence-corrected chi connectivity index (χ2v) is 4.94. The number of hydrogen-bond donors (Lipinski definition) is 2. The number of rotatable bonds is 3. The third-order valence-corrected chi connectivity index (χ3v) is 3.33. The highest BCUT2D eigenvalue weighted by atomic mass is 35.5. The Morgan fingerprint density at radius 1 is 1.14 bits per heavy atom. The van der Waals surface area contributed by atoms with Crippen LogP contribution in [-0.2, 0) is 0 Å². The molecule has 0 saturated carbocycles. The van der Waals surface area contributed by atoms with E-state index < -0.39 is 5.97 Å². The van der Waals surface area contributed by atoms with Gasteiger partial charge in [-0.1, -0.05) is 35.9 Å². The van der Waals surface area contributed by atoms with Gasteiger partial charge >= 0.3 is 5.97 Å². The summed E-state index contributed by atoms with van der Waals surface area (Å²) in [6.07, 6.45) is 1.36. The summed E-state index contributed by atoms with van der Waals surface area (Å²) in [5.41, 5.74) is 2.08. The number of hydrogen-bond acceptors (Lipinski definition) is 3. The molecule has 0 amide bonds. The van der Waals surface area contributed by atoms with Gasteiger partial charge in [-0.2, -0.15) is 0 Å². The molecular formula is C16H11ClN2O2. The number of halogens is 1. The predicted octanol–water partition coefficient (Wildman–Crippen LogP) is 4.33. The first-order valence-corrected chi connectivity index (χ1v) is 6.66. The van der Waals surface area contributed by atoms with Gasteiger partial charge in [0.2, 0.25) is 0 Å². The average molecular weight is 299 g/mol. The molecule has 0 bridgehead atoms. The number of carbonyl (C=O) groups is 1. The van der Waals surface area contributed by atoms with Crippen LogP contribution in [0.15, 0.2) is 54.7 Å². The third-order valence-electron chi connectivity index (χ3n) is 3.10. The number of pyridine rings is 1. The number of carboxylic acid groups (broad SMARTS) is 1. The van der Waals surface area contributed by atoms with Crippen molar-refractivity contribution in [1.29, 1.82) is 0 Å². The Hall–Kier alpha value is -2.59. The van der Waals surface area contributed by atoms with Crippen LogP contribution in [0.5, 0.6) is 0 Å². The van der Waals surface area contributed by atoms with E-state index in [1.807, 2.05) is 30.3 Å². The zero-order chi connectivity index (χ0) is 14.8. The minimum Gasteiger partial charge on any atom is -0.478 e. The summed E-state index contributed by atoms with van der Waals surface area (Å²) >= 11 is 5.96. The Morgan fingerprint density at radius 3 is 2.71 bits per heavy atom. The molecule has 3 aromatic rings. The van der Waals surface area contributed by atoms with Crippen LogP contribution < -0.4 is 5.32 Å². The molecule has 0 aliphatic carbocycles. The van der Waals surface area contributed by atoms with E-state index in [-0.39, 0.29) is 5.56 Å². The fraction of sp³-hybridized carbons (Fsp3) is 0. The van der Waals surface area contributed by atoms with Gasteiger partial charge in [0.1, 0.15) is 5.56 Å². The maximum atomic E-state index is 11.4. The molecule has 0 saturated heterocycles. The molecule has 1 aromatic heterocycles. The van der Waals surface area contributed by atoms with Crippen LogP contribution in [-0.4, -0.2) is 16.1 Å². The van der Waals surface area contributed by atoms with Gasteiger partial charge in [0, 0.05) is 22.3 Å². The quantitative estimate of drug-likeness (QED) is 0.755. The van der Waals surface area contributed by atoms with E-state index in [0.717, 1.165) is 16.6 Å². The van der Waals surface area contributed by atoms with Crippen molar-refractivity contribution in [2.24, 2.45) is 0 Å². The summed E-state index contributed by atoms with van der Waals surface area (Å²) < 4.78 is 0. The van der Waals surface area contributed by atoms with Gasteiger partial charge < -0.3 is 10.4 Å². The highest BCUT2D eigenvalue weighted by Crippen LogP contribution is 2.29. The second-order valence-electron chi connectivity index (χ2n) is 4.50. The lowest BCUT2D eigenvalue weighted by Crippen LogP contribution is -2.04. The first kappa shape index (κ1) is 13.4. The van der Waals surface area contributed by atoms with Crippen molar-refractivity contribution in [1.82, 2.24) is 4.98 Å². The zero-order valence-electron chi connectivity index (χ0n) is 10.9. The molecule has 2 N–H and O–H groups in total. The van der Waals surface area contributed by atoms with Crippen LogP contribution >= 0.6 is 11.6 Å². The smallest absolute Gasteiger partial charge is 0.339 e. The molecule has 104 valence electrons. The normalized spacial score (nSPS) is 10.5. The predicted molar refractivity (Wildman–Crippen MR) is 83.4 cm³/mol. The Morgan fingerprint density at radius 2 is 1.95 bits per heavy atom. The van der Waals surface area contributed by atoms with Crippen molar-refractivity contribution in [2.75, 3.05) is 5.32 Å². The monoisotopic (exact) mass is 298 g/mol. The van der Waals surface area contributed by atoms with Gasteiger partial charge in [0.15, 0.2) is 0 Å². The van der Waals surface area contributed by atoms with E-state index in [1.165, 1.54) is 6.20 Å². The van der Waals surface area contributed by atoms with Crippen LogP contribution in [0.1, 0.15) is 10.4 Å². The minimum atomic E-state index is -1.03. The lowest BCUT2D eigenvalue weighted by molar-refractivity contribution is 0.0697. The van der Waals surface area contributed by atoms with Gasteiger partial charge in [-0.3, -0.25) is 4.98 Å². The number of carboxylic acids is 1. The summed E-state index contributed by atoms with van der Waals surface area (Å²) in [6, 6.07) is 14.5. The van der Waals surface area contributed by atoms with Crippen molar-refractivity contribution in [2.45, 2.75) is 0 Å². The maximum absolute atomic E-state index is 11.4. The SMILES string of the molecule is O=C(O)c1cnc2ccccc2c1Nc1cccc(Cl)c1. The van der Waals surface area contributed by atoms with E-state index in [9.17, 15) is 9.90 Å². The van der Waals surface area contributed by atoms with Crippen LogP contribution in [0.3, 0.4) is 0 Å². The number of nitrogens with zero attached hydrogens (tertiary/aromatic N) is 1. The van der Waals surface area contributed by atoms with Gasteiger partial charge in [-0.25, -0.2) is 4.79 Å². The van der Waals surface area contributed by atoms with Crippen molar-refractivity contribution in [3.8, 4) is 0 Å². The van der Waals surface area contributed by atoms with E-state index in [1.54, 1.807) is 18.2 Å². The Labute approximate surface area is 126 Å². The number of para-hydroxylation sites is 1. The number of anilines is 2. The molecule has 21 heavy (non-hydrogen) atoms. The summed E-state index contributed by atoms with van der Waals surface area (Å²) in [6.45, 7) is 0. The van der Waals surface area contributed by atoms with Crippen LogP contribution in [0, 0.1) is 0 Å². The van der Waals surface area contributed by atoms with Crippen molar-refractivity contribution < 1.29 is 9.90 Å². The Kier molecular flexibility index (Phi) is 3.46. The van der Waals surface area contributed by atoms with E-state index in [4.69, 9.17) is 11.6 Å². The van der Waals surface area contributed by atoms with E-state index in [2.05, 4.69) is 10.3 Å². The Balaban J connectivity index is 2.18. The first-order chi connectivity index (χ1) is 10.1. The topological polar surface area (TPSA) is 62.2 Å². The summed E-state index contributed by atoms with van der Waals surface area (Å²) in [5, 5.41) is 13.8. The van der Waals surface area contributed by atoms with E-state index >= 15 is 0 Å². The van der Waals surface area contributed by atoms with E-state index in [0.29, 0.717) is 10.7 Å². The zero-order valence-corrected chi connectivity index (χ0v) is 11.6. The fourth-order valence-electron chi connectivity index (χ4n) is 2.15. The van der Waals surface area contributed by atoms with Gasteiger partial charge in [0.25, 0.3) is 0 Å². The molecule has 0 spiro atoms. The largest absolute Gasteiger partial charge is 0.478 e. The van der Waals surface area contributed by atoms with Crippen molar-refractivity contribution in [3.63, 3.8) is 0 Å². The second kappa shape index (κ2) is 5.42. The fourth-order valence-corrected chi connectivity index (χ4v) is 2.34. The lowest BCUT2D eigenvalue weighted by Gasteiger charge is -2.12. The molecule has 0 aliphatic heterocycles. The van der Waals surface area contributed by atoms with Crippen LogP contribution in [0.25, 0.3) is 10.9 Å². The third kappa shape index (κ3) is 2.66. The number of nitrogens with one attached hydrogen (secondary N) is 1. The van der Waals surface area contributed by atoms with Gasteiger partial charge in [-0.15, -0.1) is 0 Å². The highest BCUT2D eigenvalue weighted by molar-refractivity contribution is 6.30. The molecule has 1 heterocycles. The van der Waals surface area contributed by atoms with Crippen molar-refractivity contribution >= 4 is 39.8 Å². The number of benzene rings is 2. The summed E-state index contributed by atoms with van der Waals surface area (Å²) in [7, 11) is 0. The number of aromatic nitrogens is 1. The molecule has 5 heteroatoms. The molecule has 0 atom stereocenters. The molecule has 0 aliphatic rings. The van der Waals surface area contributed by atoms with Crippen LogP contribution in [0.4, 0.5) is 11.4 Å². The average Bonchev–Trinajstić information content (AvgIpc) is 2.47. The molecule has 0 radical (unpaired) electrons. The van der Waals surface area contributed by atoms with Crippen molar-refractivity contribution in [3.05, 3.63) is 65.3 Å². The first-order valence-electron chi connectivity index (χ1n) is 6.29. The molecule has 2 aromatic carbocycles. The van der Waals surface area contributed by atoms with Gasteiger partial charge in [0.05, 0.1) is 11.2 Å². The summed E-state index contributed by atoms with van der Waals surface area (Å²) in [4.78, 5) is 15.6. The van der Waals surface area contributed by atoms with Crippen LogP contribution in [0.2, 0.25) is 5.02 Å². The molecule has 4 nitrogen and oxygen atoms in total. The molecular weight excluding hydrogens is 288 g/mol. The van der Waals surface area contributed by atoms with Gasteiger partial charge in [-0.05, 0) is 24.3 Å². The maximum Gasteiger partial charge on any atom is 0.339 e. The Bertz CT molecular complexity index is 833. The standard InChI is InChI=1S/C16H11ClN2O2/c17-10-4-3-5-11(8-10)19-15-12-6-1-2-7-14(12)18-9-13(15)16(20)21/h1-9H,(H,18,19)(H,20,21). The molecule has 0 fully saturated rings. The molecule has 0 unspecified atom stereocenters. The molecule has 3 rings (SSSR count).